The molecule has 1 saturated carbocycles. The second-order valence-electron chi connectivity index (χ2n) is 5.22. The van der Waals surface area contributed by atoms with Gasteiger partial charge in [0.25, 0.3) is 0 Å². The van der Waals surface area contributed by atoms with Crippen LogP contribution >= 0.6 is 0 Å². The summed E-state index contributed by atoms with van der Waals surface area (Å²) in [4.78, 5) is 0. The van der Waals surface area contributed by atoms with E-state index in [2.05, 4.69) is 41.5 Å². The van der Waals surface area contributed by atoms with Crippen LogP contribution in [-0.2, 0) is 0 Å². The largest absolute Gasteiger partial charge is 0.0651 e. The Hall–Kier alpha value is 0. The summed E-state index contributed by atoms with van der Waals surface area (Å²) < 4.78 is 0. The van der Waals surface area contributed by atoms with Gasteiger partial charge < -0.3 is 0 Å². The van der Waals surface area contributed by atoms with E-state index in [4.69, 9.17) is 0 Å². The second kappa shape index (κ2) is 3.05. The van der Waals surface area contributed by atoms with Crippen molar-refractivity contribution in [1.82, 2.24) is 0 Å². The molecule has 12 heavy (non-hydrogen) atoms. The molecule has 1 aliphatic rings. The van der Waals surface area contributed by atoms with Crippen molar-refractivity contribution in [2.45, 2.75) is 48.0 Å². The molecule has 0 heterocycles. The second-order valence-corrected chi connectivity index (χ2v) is 5.22. The molecule has 0 bridgehead atoms. The van der Waals surface area contributed by atoms with Gasteiger partial charge in [-0.25, -0.2) is 0 Å². The maximum atomic E-state index is 2.47. The molecule has 1 fully saturated rings. The van der Waals surface area contributed by atoms with Crippen LogP contribution in [0.15, 0.2) is 0 Å². The van der Waals surface area contributed by atoms with E-state index in [9.17, 15) is 0 Å². The van der Waals surface area contributed by atoms with Gasteiger partial charge in [0.1, 0.15) is 0 Å². The molecule has 0 spiro atoms. The molecule has 0 aromatic carbocycles. The third-order valence-electron chi connectivity index (χ3n) is 4.63. The molecule has 0 radical (unpaired) electrons. The van der Waals surface area contributed by atoms with Crippen LogP contribution in [0.5, 0.6) is 0 Å². The zero-order chi connectivity index (χ0) is 9.52. The zero-order valence-corrected chi connectivity index (χ0v) is 9.52. The molecule has 72 valence electrons. The molecular weight excluding hydrogens is 144 g/mol. The summed E-state index contributed by atoms with van der Waals surface area (Å²) in [6, 6.07) is 0. The molecule has 0 nitrogen and oxygen atoms in total. The van der Waals surface area contributed by atoms with Gasteiger partial charge in [0.2, 0.25) is 0 Å². The molecule has 0 aromatic rings. The zero-order valence-electron chi connectivity index (χ0n) is 9.52. The lowest BCUT2D eigenvalue weighted by atomic mass is 9.87. The summed E-state index contributed by atoms with van der Waals surface area (Å²) >= 11 is 0. The van der Waals surface area contributed by atoms with Crippen LogP contribution in [0.3, 0.4) is 0 Å². The van der Waals surface area contributed by atoms with Gasteiger partial charge in [-0.3, -0.25) is 0 Å². The summed E-state index contributed by atoms with van der Waals surface area (Å²) in [7, 11) is 0. The Kier molecular flexibility index (Phi) is 2.56. The van der Waals surface area contributed by atoms with Gasteiger partial charge in [0, 0.05) is 0 Å². The fraction of sp³-hybridized carbons (Fsp3) is 1.00. The summed E-state index contributed by atoms with van der Waals surface area (Å²) in [5.74, 6) is 3.72. The predicted molar refractivity (Wildman–Crippen MR) is 55.1 cm³/mol. The van der Waals surface area contributed by atoms with E-state index in [0.29, 0.717) is 5.41 Å². The highest BCUT2D eigenvalue weighted by Gasteiger charge is 2.60. The lowest BCUT2D eigenvalue weighted by Crippen LogP contribution is -2.11. The van der Waals surface area contributed by atoms with E-state index in [1.807, 2.05) is 0 Å². The van der Waals surface area contributed by atoms with Crippen LogP contribution in [-0.4, -0.2) is 0 Å². The highest BCUT2D eigenvalue weighted by Crippen LogP contribution is 2.66. The summed E-state index contributed by atoms with van der Waals surface area (Å²) in [5.41, 5.74) is 0.648. The Labute approximate surface area is 77.7 Å². The number of rotatable bonds is 3. The van der Waals surface area contributed by atoms with Gasteiger partial charge >= 0.3 is 0 Å². The topological polar surface area (TPSA) is 0 Å². The molecule has 0 saturated heterocycles. The standard InChI is InChI=1S/C12H24/c1-7-9(4)11-10(5)12(11,6)8(2)3/h8-11H,7H2,1-6H3. The number of hydrogen-bond donors (Lipinski definition) is 0. The van der Waals surface area contributed by atoms with Crippen molar-refractivity contribution < 1.29 is 0 Å². The third kappa shape index (κ3) is 1.20. The van der Waals surface area contributed by atoms with Crippen LogP contribution in [0.2, 0.25) is 0 Å². The van der Waals surface area contributed by atoms with Crippen molar-refractivity contribution in [3.63, 3.8) is 0 Å². The average Bonchev–Trinajstić information content (AvgIpc) is 2.56. The maximum Gasteiger partial charge on any atom is -0.0241 e. The van der Waals surface area contributed by atoms with Gasteiger partial charge in [0.05, 0.1) is 0 Å². The first-order valence-corrected chi connectivity index (χ1v) is 5.46. The van der Waals surface area contributed by atoms with Crippen LogP contribution in [0.25, 0.3) is 0 Å². The summed E-state index contributed by atoms with van der Waals surface area (Å²) in [6.07, 6.45) is 1.34. The minimum Gasteiger partial charge on any atom is -0.0651 e. The van der Waals surface area contributed by atoms with Gasteiger partial charge in [-0.15, -0.1) is 0 Å². The Morgan fingerprint density at radius 3 is 2.00 bits per heavy atom. The molecule has 0 amide bonds. The SMILES string of the molecule is CCC(C)C1C(C)C1(C)C(C)C. The van der Waals surface area contributed by atoms with Crippen LogP contribution in [0.4, 0.5) is 0 Å². The minimum absolute atomic E-state index is 0.648. The molecule has 0 aromatic heterocycles. The molecule has 0 N–H and O–H groups in total. The van der Waals surface area contributed by atoms with Crippen molar-refractivity contribution in [2.24, 2.45) is 29.1 Å². The number of hydrogen-bond acceptors (Lipinski definition) is 0. The van der Waals surface area contributed by atoms with E-state index < -0.39 is 0 Å². The Morgan fingerprint density at radius 1 is 1.25 bits per heavy atom. The normalized spacial score (nSPS) is 43.2. The summed E-state index contributed by atoms with van der Waals surface area (Å²) in [6.45, 7) is 14.4. The van der Waals surface area contributed by atoms with Gasteiger partial charge in [-0.05, 0) is 29.1 Å². The molecular formula is C12H24. The van der Waals surface area contributed by atoms with Crippen LogP contribution < -0.4 is 0 Å². The minimum atomic E-state index is 0.648. The Bertz CT molecular complexity index is 159. The summed E-state index contributed by atoms with van der Waals surface area (Å²) in [5, 5.41) is 0. The highest BCUT2D eigenvalue weighted by molar-refractivity contribution is 5.08. The Balaban J connectivity index is 2.63. The first kappa shape index (κ1) is 10.1. The lowest BCUT2D eigenvalue weighted by Gasteiger charge is -2.18. The van der Waals surface area contributed by atoms with Crippen molar-refractivity contribution in [2.75, 3.05) is 0 Å². The van der Waals surface area contributed by atoms with Gasteiger partial charge in [0.15, 0.2) is 0 Å². The molecule has 1 aliphatic carbocycles. The molecule has 1 rings (SSSR count). The van der Waals surface area contributed by atoms with E-state index >= 15 is 0 Å². The molecule has 4 unspecified atom stereocenters. The first-order valence-electron chi connectivity index (χ1n) is 5.46. The van der Waals surface area contributed by atoms with E-state index in [1.165, 1.54) is 6.42 Å². The predicted octanol–water partition coefficient (Wildman–Crippen LogP) is 3.96. The molecule has 0 aliphatic heterocycles. The quantitative estimate of drug-likeness (QED) is 0.598. The van der Waals surface area contributed by atoms with E-state index in [0.717, 1.165) is 23.7 Å². The van der Waals surface area contributed by atoms with Crippen molar-refractivity contribution >= 4 is 0 Å². The fourth-order valence-electron chi connectivity index (χ4n) is 3.06. The Morgan fingerprint density at radius 2 is 1.75 bits per heavy atom. The van der Waals surface area contributed by atoms with Gasteiger partial charge in [-0.2, -0.15) is 0 Å². The third-order valence-corrected chi connectivity index (χ3v) is 4.63. The van der Waals surface area contributed by atoms with Crippen molar-refractivity contribution in [1.29, 1.82) is 0 Å². The molecule has 0 heteroatoms. The average molecular weight is 168 g/mol. The van der Waals surface area contributed by atoms with Gasteiger partial charge in [-0.1, -0.05) is 48.0 Å². The smallest absolute Gasteiger partial charge is 0.0241 e. The lowest BCUT2D eigenvalue weighted by molar-refractivity contribution is 0.304. The van der Waals surface area contributed by atoms with Crippen molar-refractivity contribution in [3.05, 3.63) is 0 Å². The highest BCUT2D eigenvalue weighted by atomic mass is 14.6. The first-order chi connectivity index (χ1) is 5.46. The van der Waals surface area contributed by atoms with E-state index in [-0.39, 0.29) is 0 Å². The maximum absolute atomic E-state index is 2.47. The van der Waals surface area contributed by atoms with Crippen LogP contribution in [0.1, 0.15) is 48.0 Å². The molecule has 4 atom stereocenters. The van der Waals surface area contributed by atoms with Crippen LogP contribution in [0, 0.1) is 29.1 Å². The van der Waals surface area contributed by atoms with E-state index in [1.54, 1.807) is 0 Å². The monoisotopic (exact) mass is 168 g/mol. The fourth-order valence-corrected chi connectivity index (χ4v) is 3.06. The van der Waals surface area contributed by atoms with Crippen molar-refractivity contribution in [3.8, 4) is 0 Å².